The maximum Gasteiger partial charge on any atom is 0.200 e. The Morgan fingerprint density at radius 3 is 2.26 bits per heavy atom. The van der Waals surface area contributed by atoms with E-state index in [-0.39, 0.29) is 11.5 Å². The molecule has 0 radical (unpaired) electrons. The monoisotopic (exact) mass is 266 g/mol. The van der Waals surface area contributed by atoms with Gasteiger partial charge in [-0.25, -0.2) is 0 Å². The molecule has 0 unspecified atom stereocenters. The summed E-state index contributed by atoms with van der Waals surface area (Å²) in [7, 11) is 0. The van der Waals surface area contributed by atoms with Gasteiger partial charge < -0.3 is 14.9 Å². The maximum absolute atomic E-state index is 9.70. The van der Waals surface area contributed by atoms with Crippen molar-refractivity contribution in [2.45, 2.75) is 58.8 Å². The zero-order chi connectivity index (χ0) is 14.1. The van der Waals surface area contributed by atoms with Crippen LogP contribution in [0.1, 0.15) is 57.4 Å². The Kier molecular flexibility index (Phi) is 7.16. The summed E-state index contributed by atoms with van der Waals surface area (Å²) < 4.78 is 5.57. The van der Waals surface area contributed by atoms with Gasteiger partial charge >= 0.3 is 0 Å². The van der Waals surface area contributed by atoms with Gasteiger partial charge in [0.05, 0.1) is 6.61 Å². The first-order valence-corrected chi connectivity index (χ1v) is 7.31. The third-order valence-corrected chi connectivity index (χ3v) is 3.30. The minimum Gasteiger partial charge on any atom is -0.504 e. The van der Waals surface area contributed by atoms with Crippen molar-refractivity contribution in [1.29, 1.82) is 0 Å². The summed E-state index contributed by atoms with van der Waals surface area (Å²) in [6.07, 6.45) is 8.61. The highest BCUT2D eigenvalue weighted by molar-refractivity contribution is 5.53. The molecule has 0 fully saturated rings. The van der Waals surface area contributed by atoms with E-state index in [1.807, 2.05) is 6.92 Å². The number of rotatable bonds is 9. The topological polar surface area (TPSA) is 49.7 Å². The third kappa shape index (κ3) is 5.41. The Morgan fingerprint density at radius 2 is 1.58 bits per heavy atom. The highest BCUT2D eigenvalue weighted by Crippen LogP contribution is 2.37. The Hall–Kier alpha value is -1.38. The molecule has 0 saturated heterocycles. The molecule has 0 amide bonds. The van der Waals surface area contributed by atoms with Crippen molar-refractivity contribution < 1.29 is 14.9 Å². The molecule has 0 atom stereocenters. The molecule has 0 aliphatic carbocycles. The quantitative estimate of drug-likeness (QED) is 0.510. The Bertz CT molecular complexity index is 375. The molecule has 0 saturated carbocycles. The molecule has 3 heteroatoms. The van der Waals surface area contributed by atoms with Gasteiger partial charge in [0.1, 0.15) is 0 Å². The first-order valence-electron chi connectivity index (χ1n) is 7.31. The van der Waals surface area contributed by atoms with Gasteiger partial charge in [-0.1, -0.05) is 51.5 Å². The Labute approximate surface area is 116 Å². The van der Waals surface area contributed by atoms with E-state index in [9.17, 15) is 10.2 Å². The van der Waals surface area contributed by atoms with Crippen LogP contribution in [0.4, 0.5) is 0 Å². The van der Waals surface area contributed by atoms with Gasteiger partial charge in [0.2, 0.25) is 5.75 Å². The van der Waals surface area contributed by atoms with Gasteiger partial charge in [-0.3, -0.25) is 0 Å². The summed E-state index contributed by atoms with van der Waals surface area (Å²) in [4.78, 5) is 0. The van der Waals surface area contributed by atoms with Crippen LogP contribution in [0.25, 0.3) is 0 Å². The minimum absolute atomic E-state index is 0.125. The van der Waals surface area contributed by atoms with Crippen LogP contribution in [0.2, 0.25) is 0 Å². The van der Waals surface area contributed by atoms with Crippen molar-refractivity contribution >= 4 is 0 Å². The van der Waals surface area contributed by atoms with Crippen LogP contribution in [0.15, 0.2) is 12.1 Å². The number of aryl methyl sites for hydroxylation is 1. The molecule has 0 bridgehead atoms. The number of hydrogen-bond donors (Lipinski definition) is 2. The largest absolute Gasteiger partial charge is 0.504 e. The molecular formula is C16H26O3. The predicted octanol–water partition coefficient (Wildman–Crippen LogP) is 4.54. The predicted molar refractivity (Wildman–Crippen MR) is 78.0 cm³/mol. The van der Waals surface area contributed by atoms with Crippen molar-refractivity contribution in [3.8, 4) is 17.2 Å². The number of ether oxygens (including phenoxy) is 1. The van der Waals surface area contributed by atoms with E-state index in [1.54, 1.807) is 6.07 Å². The Morgan fingerprint density at radius 1 is 0.947 bits per heavy atom. The van der Waals surface area contributed by atoms with Gasteiger partial charge in [0, 0.05) is 0 Å². The molecule has 1 aromatic carbocycles. The molecular weight excluding hydrogens is 240 g/mol. The molecule has 2 N–H and O–H groups in total. The third-order valence-electron chi connectivity index (χ3n) is 3.30. The molecule has 1 aromatic rings. The summed E-state index contributed by atoms with van der Waals surface area (Å²) in [6, 6.07) is 3.22. The van der Waals surface area contributed by atoms with E-state index in [0.29, 0.717) is 12.4 Å². The zero-order valence-corrected chi connectivity index (χ0v) is 12.1. The summed E-state index contributed by atoms with van der Waals surface area (Å²) >= 11 is 0. The molecule has 108 valence electrons. The smallest absolute Gasteiger partial charge is 0.200 e. The Balaban J connectivity index is 2.21. The number of unbranched alkanes of at least 4 members (excludes halogenated alkanes) is 6. The van der Waals surface area contributed by atoms with Gasteiger partial charge in [-0.15, -0.1) is 0 Å². The average Bonchev–Trinajstić information content (AvgIpc) is 2.40. The number of hydrogen-bond acceptors (Lipinski definition) is 3. The summed E-state index contributed by atoms with van der Waals surface area (Å²) in [5.41, 5.74) is 0.846. The lowest BCUT2D eigenvalue weighted by molar-refractivity contribution is 0.281. The van der Waals surface area contributed by atoms with Gasteiger partial charge in [-0.05, 0) is 25.0 Å². The molecule has 0 spiro atoms. The van der Waals surface area contributed by atoms with Crippen LogP contribution in [0.5, 0.6) is 17.2 Å². The number of benzene rings is 1. The lowest BCUT2D eigenvalue weighted by Gasteiger charge is -2.11. The normalized spacial score (nSPS) is 10.6. The SMILES string of the molecule is CCCCCCCCCOc1c(C)ccc(O)c1O. The van der Waals surface area contributed by atoms with E-state index in [0.717, 1.165) is 18.4 Å². The van der Waals surface area contributed by atoms with Crippen molar-refractivity contribution in [1.82, 2.24) is 0 Å². The van der Waals surface area contributed by atoms with Crippen molar-refractivity contribution in [3.05, 3.63) is 17.7 Å². The van der Waals surface area contributed by atoms with Gasteiger partial charge in [0.25, 0.3) is 0 Å². The van der Waals surface area contributed by atoms with E-state index >= 15 is 0 Å². The van der Waals surface area contributed by atoms with E-state index in [1.165, 1.54) is 38.2 Å². The fourth-order valence-corrected chi connectivity index (χ4v) is 2.08. The van der Waals surface area contributed by atoms with Crippen LogP contribution < -0.4 is 4.74 Å². The van der Waals surface area contributed by atoms with E-state index in [4.69, 9.17) is 4.74 Å². The highest BCUT2D eigenvalue weighted by atomic mass is 16.5. The highest BCUT2D eigenvalue weighted by Gasteiger charge is 2.10. The fourth-order valence-electron chi connectivity index (χ4n) is 2.08. The second-order valence-corrected chi connectivity index (χ2v) is 5.05. The lowest BCUT2D eigenvalue weighted by Crippen LogP contribution is -1.99. The van der Waals surface area contributed by atoms with Crippen molar-refractivity contribution in [3.63, 3.8) is 0 Å². The van der Waals surface area contributed by atoms with E-state index < -0.39 is 0 Å². The maximum atomic E-state index is 9.70. The molecule has 3 nitrogen and oxygen atoms in total. The van der Waals surface area contributed by atoms with Gasteiger partial charge in [0.15, 0.2) is 11.5 Å². The first kappa shape index (κ1) is 15.7. The molecule has 0 aliphatic rings. The molecule has 1 rings (SSSR count). The second-order valence-electron chi connectivity index (χ2n) is 5.05. The van der Waals surface area contributed by atoms with Gasteiger partial charge in [-0.2, -0.15) is 0 Å². The summed E-state index contributed by atoms with van der Waals surface area (Å²) in [6.45, 7) is 4.67. The summed E-state index contributed by atoms with van der Waals surface area (Å²) in [5.74, 6) is 0.133. The standard InChI is InChI=1S/C16H26O3/c1-3-4-5-6-7-8-9-12-19-16-13(2)10-11-14(17)15(16)18/h10-11,17-18H,3-9,12H2,1-2H3. The second kappa shape index (κ2) is 8.68. The van der Waals surface area contributed by atoms with Crippen LogP contribution in [0, 0.1) is 6.92 Å². The molecule has 0 aliphatic heterocycles. The molecule has 19 heavy (non-hydrogen) atoms. The average molecular weight is 266 g/mol. The molecule has 0 heterocycles. The molecule has 0 aromatic heterocycles. The lowest BCUT2D eigenvalue weighted by atomic mass is 10.1. The summed E-state index contributed by atoms with van der Waals surface area (Å²) in [5, 5.41) is 19.1. The number of phenolic OH excluding ortho intramolecular Hbond substituents is 2. The van der Waals surface area contributed by atoms with Crippen LogP contribution in [0.3, 0.4) is 0 Å². The number of aromatic hydroxyl groups is 2. The van der Waals surface area contributed by atoms with Crippen molar-refractivity contribution in [2.24, 2.45) is 0 Å². The zero-order valence-electron chi connectivity index (χ0n) is 12.1. The fraction of sp³-hybridized carbons (Fsp3) is 0.625. The van der Waals surface area contributed by atoms with Crippen LogP contribution in [-0.4, -0.2) is 16.8 Å². The van der Waals surface area contributed by atoms with Crippen LogP contribution in [-0.2, 0) is 0 Å². The van der Waals surface area contributed by atoms with Crippen LogP contribution >= 0.6 is 0 Å². The number of phenols is 2. The minimum atomic E-state index is -0.150. The first-order chi connectivity index (χ1) is 9.16. The van der Waals surface area contributed by atoms with Crippen molar-refractivity contribution in [2.75, 3.05) is 6.61 Å². The van der Waals surface area contributed by atoms with E-state index in [2.05, 4.69) is 6.92 Å².